The molecule has 0 fully saturated rings. The van der Waals surface area contributed by atoms with Gasteiger partial charge >= 0.3 is 0 Å². The summed E-state index contributed by atoms with van der Waals surface area (Å²) in [6, 6.07) is 7.36. The number of carbonyl (C=O) groups excluding carboxylic acids is 1. The molecule has 1 aromatic rings. The fraction of sp³-hybridized carbons (Fsp3) is 0. The van der Waals surface area contributed by atoms with Gasteiger partial charge in [0.05, 0.1) is 0 Å². The molecule has 3 N–H and O–H groups in total. The minimum absolute atomic E-state index is 0. The Bertz CT molecular complexity index is 390. The molecule has 1 amide bonds. The van der Waals surface area contributed by atoms with E-state index < -0.39 is 5.91 Å². The van der Waals surface area contributed by atoms with Gasteiger partial charge in [-0.1, -0.05) is 18.2 Å². The van der Waals surface area contributed by atoms with E-state index in [4.69, 9.17) is 10.6 Å². The first-order valence-corrected chi connectivity index (χ1v) is 3.81. The molecule has 0 saturated carbocycles. The molecule has 5 heteroatoms. The Labute approximate surface area is 87.1 Å². The van der Waals surface area contributed by atoms with E-state index in [0.717, 1.165) is 5.56 Å². The van der Waals surface area contributed by atoms with Crippen LogP contribution >= 0.6 is 12.4 Å². The van der Waals surface area contributed by atoms with Crippen molar-refractivity contribution in [1.82, 2.24) is 5.48 Å². The number of primary amides is 1. The highest BCUT2D eigenvalue weighted by atomic mass is 35.5. The van der Waals surface area contributed by atoms with Crippen LogP contribution in [0.4, 0.5) is 0 Å². The van der Waals surface area contributed by atoms with Gasteiger partial charge in [-0.2, -0.15) is 0 Å². The third-order valence-electron chi connectivity index (χ3n) is 1.76. The minimum Gasteiger partial charge on any atom is -0.381 e. The standard InChI is InChI=1S/C9H8N2O2.ClH/c10-9(12)7-5-6-3-1-2-4-8(6)13-11-7;/h1-5,11H,(H2,10,12);1H. The third kappa shape index (κ3) is 1.80. The van der Waals surface area contributed by atoms with Gasteiger partial charge in [0.2, 0.25) is 0 Å². The Balaban J connectivity index is 0.000000980. The van der Waals surface area contributed by atoms with Gasteiger partial charge in [0.1, 0.15) is 5.70 Å². The van der Waals surface area contributed by atoms with Gasteiger partial charge in [-0.3, -0.25) is 4.79 Å². The first-order valence-electron chi connectivity index (χ1n) is 3.81. The zero-order valence-corrected chi connectivity index (χ0v) is 8.01. The summed E-state index contributed by atoms with van der Waals surface area (Å²) in [6.45, 7) is 0. The number of carbonyl (C=O) groups is 1. The van der Waals surface area contributed by atoms with Crippen molar-refractivity contribution in [3.05, 3.63) is 35.5 Å². The van der Waals surface area contributed by atoms with E-state index in [1.165, 1.54) is 0 Å². The number of nitrogens with one attached hydrogen (secondary N) is 1. The summed E-state index contributed by atoms with van der Waals surface area (Å²) in [4.78, 5) is 15.9. The zero-order valence-electron chi connectivity index (χ0n) is 7.19. The van der Waals surface area contributed by atoms with Crippen molar-refractivity contribution in [2.75, 3.05) is 0 Å². The summed E-state index contributed by atoms with van der Waals surface area (Å²) in [6.07, 6.45) is 1.65. The van der Waals surface area contributed by atoms with Crippen LogP contribution in [0.25, 0.3) is 6.08 Å². The molecule has 1 aromatic carbocycles. The minimum atomic E-state index is -0.533. The smallest absolute Gasteiger partial charge is 0.268 e. The first kappa shape index (κ1) is 10.4. The monoisotopic (exact) mass is 212 g/mol. The highest BCUT2D eigenvalue weighted by Gasteiger charge is 2.13. The second-order valence-electron chi connectivity index (χ2n) is 2.66. The van der Waals surface area contributed by atoms with Crippen LogP contribution in [0, 0.1) is 0 Å². The zero-order chi connectivity index (χ0) is 9.26. The third-order valence-corrected chi connectivity index (χ3v) is 1.76. The van der Waals surface area contributed by atoms with Gasteiger partial charge < -0.3 is 10.6 Å². The van der Waals surface area contributed by atoms with Crippen molar-refractivity contribution >= 4 is 24.4 Å². The molecular formula is C9H9ClN2O2. The van der Waals surface area contributed by atoms with Crippen LogP contribution in [0.5, 0.6) is 5.75 Å². The molecule has 0 radical (unpaired) electrons. The molecule has 0 unspecified atom stereocenters. The van der Waals surface area contributed by atoms with Crippen molar-refractivity contribution < 1.29 is 9.63 Å². The molecule has 0 aromatic heterocycles. The highest BCUT2D eigenvalue weighted by Crippen LogP contribution is 2.22. The average molecular weight is 213 g/mol. The molecule has 1 aliphatic rings. The van der Waals surface area contributed by atoms with Crippen molar-refractivity contribution in [3.63, 3.8) is 0 Å². The first-order chi connectivity index (χ1) is 6.27. The number of hydroxylamine groups is 1. The van der Waals surface area contributed by atoms with E-state index in [0.29, 0.717) is 5.75 Å². The second-order valence-corrected chi connectivity index (χ2v) is 2.66. The number of hydrogen-bond donors (Lipinski definition) is 2. The van der Waals surface area contributed by atoms with E-state index in [1.54, 1.807) is 12.1 Å². The summed E-state index contributed by atoms with van der Waals surface area (Å²) in [5.74, 6) is 0.155. The van der Waals surface area contributed by atoms with Gasteiger partial charge in [-0.15, -0.1) is 12.4 Å². The summed E-state index contributed by atoms with van der Waals surface area (Å²) in [7, 11) is 0. The van der Waals surface area contributed by atoms with Gasteiger partial charge in [0, 0.05) is 5.56 Å². The van der Waals surface area contributed by atoms with Gasteiger partial charge in [0.15, 0.2) is 5.75 Å². The lowest BCUT2D eigenvalue weighted by Crippen LogP contribution is -2.30. The SMILES string of the molecule is Cl.NC(=O)C1=Cc2ccccc2ON1. The lowest BCUT2D eigenvalue weighted by atomic mass is 10.1. The molecule has 4 nitrogen and oxygen atoms in total. The Morgan fingerprint density at radius 2 is 2.07 bits per heavy atom. The lowest BCUT2D eigenvalue weighted by Gasteiger charge is -2.16. The normalized spacial score (nSPS) is 12.4. The topological polar surface area (TPSA) is 64.4 Å². The Morgan fingerprint density at radius 1 is 1.36 bits per heavy atom. The quantitative estimate of drug-likeness (QED) is 0.725. The molecule has 0 spiro atoms. The predicted molar refractivity (Wildman–Crippen MR) is 54.6 cm³/mol. The molecule has 2 rings (SSSR count). The lowest BCUT2D eigenvalue weighted by molar-refractivity contribution is -0.115. The van der Waals surface area contributed by atoms with Crippen molar-refractivity contribution in [1.29, 1.82) is 0 Å². The number of halogens is 1. The second kappa shape index (κ2) is 4.02. The molecule has 1 aliphatic heterocycles. The van der Waals surface area contributed by atoms with Crippen LogP contribution in [0.3, 0.4) is 0 Å². The van der Waals surface area contributed by atoms with Crippen LogP contribution in [0.15, 0.2) is 30.0 Å². The molecule has 0 saturated heterocycles. The highest BCUT2D eigenvalue weighted by molar-refractivity contribution is 5.96. The average Bonchev–Trinajstić information content (AvgIpc) is 2.17. The van der Waals surface area contributed by atoms with Gasteiger partial charge in [-0.25, -0.2) is 5.48 Å². The molecule has 14 heavy (non-hydrogen) atoms. The maximum absolute atomic E-state index is 10.8. The largest absolute Gasteiger partial charge is 0.381 e. The van der Waals surface area contributed by atoms with Crippen LogP contribution in [-0.2, 0) is 4.79 Å². The Kier molecular flexibility index (Phi) is 2.99. The summed E-state index contributed by atoms with van der Waals surface area (Å²) in [5.41, 5.74) is 8.64. The number of para-hydroxylation sites is 1. The van der Waals surface area contributed by atoms with Crippen molar-refractivity contribution in [2.45, 2.75) is 0 Å². The number of amides is 1. The summed E-state index contributed by atoms with van der Waals surface area (Å²) < 4.78 is 0. The molecule has 1 heterocycles. The van der Waals surface area contributed by atoms with Crippen LogP contribution in [-0.4, -0.2) is 5.91 Å². The van der Waals surface area contributed by atoms with E-state index in [9.17, 15) is 4.79 Å². The fourth-order valence-corrected chi connectivity index (χ4v) is 1.11. The number of benzene rings is 1. The summed E-state index contributed by atoms with van der Waals surface area (Å²) in [5, 5.41) is 0. The fourth-order valence-electron chi connectivity index (χ4n) is 1.11. The van der Waals surface area contributed by atoms with Crippen molar-refractivity contribution in [2.24, 2.45) is 5.73 Å². The van der Waals surface area contributed by atoms with Crippen LogP contribution in [0.1, 0.15) is 5.56 Å². The van der Waals surface area contributed by atoms with Crippen LogP contribution in [0.2, 0.25) is 0 Å². The number of rotatable bonds is 1. The van der Waals surface area contributed by atoms with Gasteiger partial charge in [0.25, 0.3) is 5.91 Å². The van der Waals surface area contributed by atoms with Crippen molar-refractivity contribution in [3.8, 4) is 5.75 Å². The predicted octanol–water partition coefficient (Wildman–Crippen LogP) is 0.832. The van der Waals surface area contributed by atoms with E-state index in [1.807, 2.05) is 18.2 Å². The molecular weight excluding hydrogens is 204 g/mol. The molecule has 0 bridgehead atoms. The maximum Gasteiger partial charge on any atom is 0.268 e. The van der Waals surface area contributed by atoms with Crippen LogP contribution < -0.4 is 16.1 Å². The number of fused-ring (bicyclic) bond motifs is 1. The molecule has 0 aliphatic carbocycles. The summed E-state index contributed by atoms with van der Waals surface area (Å²) >= 11 is 0. The Hall–Kier alpha value is -1.68. The molecule has 74 valence electrons. The Morgan fingerprint density at radius 3 is 2.79 bits per heavy atom. The number of hydrogen-bond acceptors (Lipinski definition) is 3. The molecule has 0 atom stereocenters. The van der Waals surface area contributed by atoms with E-state index in [-0.39, 0.29) is 18.1 Å². The number of nitrogens with two attached hydrogens (primary N) is 1. The maximum atomic E-state index is 10.8. The van der Waals surface area contributed by atoms with E-state index in [2.05, 4.69) is 5.48 Å². The van der Waals surface area contributed by atoms with Gasteiger partial charge in [-0.05, 0) is 12.1 Å². The van der Waals surface area contributed by atoms with E-state index >= 15 is 0 Å².